The average Bonchev–Trinajstić information content (AvgIpc) is 2.80. The maximum Gasteiger partial charge on any atom is 0.293 e. The highest BCUT2D eigenvalue weighted by Crippen LogP contribution is 2.35. The fraction of sp³-hybridized carbons (Fsp3) is 0.353. The molecule has 0 saturated carbocycles. The standard InChI is InChI=1S/C17H19NO6S/c1-4-23-13-7-11(5-6-12(13)24-9-15(19)20)8-14-16(21)18(10(2)3)17(22)25-14/h5-8,10H,4,9H2,1-3H3,(H,19,20)/p-1/b14-8-. The summed E-state index contributed by atoms with van der Waals surface area (Å²) in [5, 5.41) is 10.2. The smallest absolute Gasteiger partial charge is 0.293 e. The molecule has 25 heavy (non-hydrogen) atoms. The first kappa shape index (κ1) is 18.9. The van der Waals surface area contributed by atoms with E-state index in [2.05, 4.69) is 0 Å². The zero-order valence-electron chi connectivity index (χ0n) is 14.1. The molecule has 0 N–H and O–H groups in total. The molecule has 0 unspecified atom stereocenters. The van der Waals surface area contributed by atoms with Crippen LogP contribution in [0.4, 0.5) is 4.79 Å². The van der Waals surface area contributed by atoms with Crippen LogP contribution in [-0.4, -0.2) is 41.3 Å². The molecule has 0 aliphatic carbocycles. The number of carboxylic acid groups (broad SMARTS) is 1. The Morgan fingerprint density at radius 3 is 2.56 bits per heavy atom. The summed E-state index contributed by atoms with van der Waals surface area (Å²) in [6, 6.07) is 4.61. The van der Waals surface area contributed by atoms with Crippen LogP contribution in [0, 0.1) is 0 Å². The quantitative estimate of drug-likeness (QED) is 0.679. The third kappa shape index (κ3) is 4.54. The van der Waals surface area contributed by atoms with Crippen LogP contribution in [-0.2, 0) is 9.59 Å². The predicted molar refractivity (Wildman–Crippen MR) is 91.1 cm³/mol. The van der Waals surface area contributed by atoms with Crippen LogP contribution in [0.1, 0.15) is 26.3 Å². The first-order chi connectivity index (χ1) is 11.8. The number of benzene rings is 1. The first-order valence-electron chi connectivity index (χ1n) is 7.70. The minimum Gasteiger partial charge on any atom is -0.546 e. The molecule has 2 amide bonds. The number of carbonyl (C=O) groups excluding carboxylic acids is 3. The van der Waals surface area contributed by atoms with Gasteiger partial charge in [0.25, 0.3) is 11.1 Å². The van der Waals surface area contributed by atoms with Gasteiger partial charge in [0.15, 0.2) is 11.5 Å². The van der Waals surface area contributed by atoms with E-state index in [0.717, 1.165) is 11.8 Å². The Morgan fingerprint density at radius 1 is 1.28 bits per heavy atom. The molecule has 1 aromatic rings. The monoisotopic (exact) mass is 364 g/mol. The van der Waals surface area contributed by atoms with Gasteiger partial charge in [0, 0.05) is 6.04 Å². The number of ether oxygens (including phenoxy) is 2. The second kappa shape index (κ2) is 8.06. The molecule has 2 rings (SSSR count). The molecule has 0 spiro atoms. The summed E-state index contributed by atoms with van der Waals surface area (Å²) in [5.41, 5.74) is 0.638. The summed E-state index contributed by atoms with van der Waals surface area (Å²) in [7, 11) is 0. The van der Waals surface area contributed by atoms with E-state index in [-0.39, 0.29) is 22.9 Å². The summed E-state index contributed by atoms with van der Waals surface area (Å²) in [6.45, 7) is 5.09. The van der Waals surface area contributed by atoms with Gasteiger partial charge in [0.2, 0.25) is 0 Å². The fourth-order valence-corrected chi connectivity index (χ4v) is 3.18. The summed E-state index contributed by atoms with van der Waals surface area (Å²) in [5.74, 6) is -1.06. The minimum absolute atomic E-state index is 0.210. The Morgan fingerprint density at radius 2 is 2.00 bits per heavy atom. The molecule has 1 saturated heterocycles. The molecule has 0 bridgehead atoms. The lowest BCUT2D eigenvalue weighted by Gasteiger charge is -2.16. The third-order valence-electron chi connectivity index (χ3n) is 3.25. The molecule has 1 aliphatic heterocycles. The van der Waals surface area contributed by atoms with Crippen LogP contribution in [0.15, 0.2) is 23.1 Å². The molecule has 7 nitrogen and oxygen atoms in total. The Balaban J connectivity index is 2.28. The Bertz CT molecular complexity index is 728. The van der Waals surface area contributed by atoms with Gasteiger partial charge in [0.1, 0.15) is 6.61 Å². The second-order valence-electron chi connectivity index (χ2n) is 5.45. The normalized spacial score (nSPS) is 16.0. The van der Waals surface area contributed by atoms with Gasteiger partial charge in [-0.25, -0.2) is 0 Å². The highest BCUT2D eigenvalue weighted by molar-refractivity contribution is 8.18. The van der Waals surface area contributed by atoms with Crippen molar-refractivity contribution in [2.24, 2.45) is 0 Å². The maximum atomic E-state index is 12.3. The molecule has 8 heteroatoms. The SMILES string of the molecule is CCOc1cc(/C=C2\SC(=O)N(C(C)C)C2=O)ccc1OCC(=O)[O-]. The lowest BCUT2D eigenvalue weighted by molar-refractivity contribution is -0.307. The summed E-state index contributed by atoms with van der Waals surface area (Å²) in [6.07, 6.45) is 1.60. The molecule has 1 aromatic carbocycles. The van der Waals surface area contributed by atoms with Crippen molar-refractivity contribution in [2.45, 2.75) is 26.8 Å². The van der Waals surface area contributed by atoms with Gasteiger partial charge >= 0.3 is 0 Å². The van der Waals surface area contributed by atoms with Crippen LogP contribution in [0.5, 0.6) is 11.5 Å². The fourth-order valence-electron chi connectivity index (χ4n) is 2.22. The number of imide groups is 1. The van der Waals surface area contributed by atoms with E-state index in [1.165, 1.54) is 4.90 Å². The van der Waals surface area contributed by atoms with Gasteiger partial charge < -0.3 is 19.4 Å². The molecule has 1 aliphatic rings. The van der Waals surface area contributed by atoms with E-state index in [9.17, 15) is 19.5 Å². The van der Waals surface area contributed by atoms with Crippen LogP contribution < -0.4 is 14.6 Å². The zero-order valence-corrected chi connectivity index (χ0v) is 14.9. The lowest BCUT2D eigenvalue weighted by atomic mass is 10.1. The summed E-state index contributed by atoms with van der Waals surface area (Å²) >= 11 is 0.883. The number of hydrogen-bond donors (Lipinski definition) is 0. The van der Waals surface area contributed by atoms with E-state index in [1.54, 1.807) is 45.0 Å². The predicted octanol–water partition coefficient (Wildman–Crippen LogP) is 1.66. The van der Waals surface area contributed by atoms with E-state index in [1.807, 2.05) is 0 Å². The number of amides is 2. The third-order valence-corrected chi connectivity index (χ3v) is 4.13. The van der Waals surface area contributed by atoms with Crippen molar-refractivity contribution < 1.29 is 29.0 Å². The van der Waals surface area contributed by atoms with Crippen LogP contribution in [0.2, 0.25) is 0 Å². The van der Waals surface area contributed by atoms with Crippen molar-refractivity contribution in [3.63, 3.8) is 0 Å². The number of hydrogen-bond acceptors (Lipinski definition) is 7. The minimum atomic E-state index is -1.34. The Hall–Kier alpha value is -2.48. The van der Waals surface area contributed by atoms with Gasteiger partial charge in [0.05, 0.1) is 17.5 Å². The number of carboxylic acids is 1. The van der Waals surface area contributed by atoms with Crippen molar-refractivity contribution >= 4 is 35.0 Å². The van der Waals surface area contributed by atoms with Crippen molar-refractivity contribution in [3.8, 4) is 11.5 Å². The van der Waals surface area contributed by atoms with E-state index in [4.69, 9.17) is 9.47 Å². The molecule has 0 aromatic heterocycles. The molecule has 134 valence electrons. The molecular formula is C17H18NO6S-. The summed E-state index contributed by atoms with van der Waals surface area (Å²) < 4.78 is 10.6. The van der Waals surface area contributed by atoms with Crippen LogP contribution >= 0.6 is 11.8 Å². The van der Waals surface area contributed by atoms with Gasteiger partial charge in [-0.1, -0.05) is 6.07 Å². The maximum absolute atomic E-state index is 12.3. The number of aliphatic carboxylic acids is 1. The van der Waals surface area contributed by atoms with Crippen LogP contribution in [0.3, 0.4) is 0 Å². The van der Waals surface area contributed by atoms with Crippen molar-refractivity contribution in [1.82, 2.24) is 4.90 Å². The molecule has 1 fully saturated rings. The zero-order chi connectivity index (χ0) is 18.6. The average molecular weight is 364 g/mol. The van der Waals surface area contributed by atoms with E-state index in [0.29, 0.717) is 22.8 Å². The van der Waals surface area contributed by atoms with Crippen molar-refractivity contribution in [3.05, 3.63) is 28.7 Å². The second-order valence-corrected chi connectivity index (χ2v) is 6.44. The topological polar surface area (TPSA) is 96.0 Å². The molecule has 1 heterocycles. The van der Waals surface area contributed by atoms with Gasteiger partial charge in [-0.05, 0) is 56.3 Å². The first-order valence-corrected chi connectivity index (χ1v) is 8.51. The highest BCUT2D eigenvalue weighted by atomic mass is 32.2. The number of nitrogens with zero attached hydrogens (tertiary/aromatic N) is 1. The summed E-state index contributed by atoms with van der Waals surface area (Å²) in [4.78, 5) is 36.3. The molecular weight excluding hydrogens is 346 g/mol. The number of rotatable bonds is 7. The van der Waals surface area contributed by atoms with Crippen molar-refractivity contribution in [2.75, 3.05) is 13.2 Å². The highest BCUT2D eigenvalue weighted by Gasteiger charge is 2.36. The van der Waals surface area contributed by atoms with Crippen LogP contribution in [0.25, 0.3) is 6.08 Å². The van der Waals surface area contributed by atoms with Gasteiger partial charge in [-0.3, -0.25) is 14.5 Å². The van der Waals surface area contributed by atoms with Gasteiger partial charge in [-0.2, -0.15) is 0 Å². The number of thioether (sulfide) groups is 1. The molecule has 0 radical (unpaired) electrons. The van der Waals surface area contributed by atoms with E-state index >= 15 is 0 Å². The van der Waals surface area contributed by atoms with Gasteiger partial charge in [-0.15, -0.1) is 0 Å². The number of carbonyl (C=O) groups is 3. The molecule has 0 atom stereocenters. The lowest BCUT2D eigenvalue weighted by Crippen LogP contribution is -2.34. The Labute approximate surface area is 149 Å². The largest absolute Gasteiger partial charge is 0.546 e. The van der Waals surface area contributed by atoms with Crippen molar-refractivity contribution in [1.29, 1.82) is 0 Å². The Kier molecular flexibility index (Phi) is 6.08. The van der Waals surface area contributed by atoms with E-state index < -0.39 is 12.6 Å².